The van der Waals surface area contributed by atoms with Crippen LogP contribution in [0.5, 0.6) is 0 Å². The third-order valence-corrected chi connectivity index (χ3v) is 3.45. The maximum atomic E-state index is 12.5. The second kappa shape index (κ2) is 7.55. The Bertz CT molecular complexity index is 558. The Morgan fingerprint density at radius 3 is 2.62 bits per heavy atom. The number of ether oxygens (including phenoxy) is 1. The molecule has 4 nitrogen and oxygen atoms in total. The number of carbonyl (C=O) groups is 1. The van der Waals surface area contributed by atoms with E-state index in [-0.39, 0.29) is 11.9 Å². The number of amides is 1. The molecular formula is C17H20N2O2. The van der Waals surface area contributed by atoms with E-state index in [0.29, 0.717) is 12.2 Å². The number of aromatic nitrogens is 1. The first-order valence-electron chi connectivity index (χ1n) is 6.92. The van der Waals surface area contributed by atoms with Crippen LogP contribution in [0.15, 0.2) is 54.9 Å². The van der Waals surface area contributed by atoms with Crippen molar-refractivity contribution in [3.63, 3.8) is 0 Å². The van der Waals surface area contributed by atoms with Crippen molar-refractivity contribution < 1.29 is 9.53 Å². The maximum Gasteiger partial charge on any atom is 0.255 e. The van der Waals surface area contributed by atoms with Gasteiger partial charge in [0.25, 0.3) is 5.91 Å². The van der Waals surface area contributed by atoms with Gasteiger partial charge in [-0.1, -0.05) is 30.3 Å². The highest BCUT2D eigenvalue weighted by Gasteiger charge is 2.21. The molecule has 0 saturated heterocycles. The van der Waals surface area contributed by atoms with E-state index in [0.717, 1.165) is 6.42 Å². The topological polar surface area (TPSA) is 42.4 Å². The molecule has 110 valence electrons. The van der Waals surface area contributed by atoms with E-state index in [2.05, 4.69) is 17.1 Å². The number of hydrogen-bond donors (Lipinski definition) is 0. The number of methoxy groups -OCH3 is 1. The fourth-order valence-corrected chi connectivity index (χ4v) is 2.24. The monoisotopic (exact) mass is 284 g/mol. The Morgan fingerprint density at radius 2 is 2.00 bits per heavy atom. The van der Waals surface area contributed by atoms with Gasteiger partial charge in [-0.2, -0.15) is 0 Å². The standard InChI is InChI=1S/C17H20N2O2/c1-19(17(20)15-9-6-10-18-12-15)16(13-21-2)11-14-7-4-3-5-8-14/h3-10,12,16H,11,13H2,1-2H3. The molecule has 21 heavy (non-hydrogen) atoms. The molecule has 1 atom stereocenters. The zero-order chi connectivity index (χ0) is 15.1. The predicted octanol–water partition coefficient (Wildman–Crippen LogP) is 2.41. The van der Waals surface area contributed by atoms with E-state index in [9.17, 15) is 4.79 Å². The summed E-state index contributed by atoms with van der Waals surface area (Å²) >= 11 is 0. The SMILES string of the molecule is COCC(Cc1ccccc1)N(C)C(=O)c1cccnc1. The Balaban J connectivity index is 2.12. The molecule has 0 saturated carbocycles. The predicted molar refractivity (Wildman–Crippen MR) is 82.1 cm³/mol. The fourth-order valence-electron chi connectivity index (χ4n) is 2.24. The van der Waals surface area contributed by atoms with Crippen molar-refractivity contribution in [1.82, 2.24) is 9.88 Å². The van der Waals surface area contributed by atoms with Gasteiger partial charge in [0.15, 0.2) is 0 Å². The molecule has 0 aliphatic carbocycles. The molecule has 2 aromatic rings. The van der Waals surface area contributed by atoms with Crippen LogP contribution in [0.4, 0.5) is 0 Å². The Labute approximate surface area is 125 Å². The summed E-state index contributed by atoms with van der Waals surface area (Å²) < 4.78 is 5.27. The highest BCUT2D eigenvalue weighted by atomic mass is 16.5. The number of benzene rings is 1. The van der Waals surface area contributed by atoms with Crippen molar-refractivity contribution in [3.8, 4) is 0 Å². The van der Waals surface area contributed by atoms with E-state index in [4.69, 9.17) is 4.74 Å². The zero-order valence-corrected chi connectivity index (χ0v) is 12.4. The molecule has 2 rings (SSSR count). The lowest BCUT2D eigenvalue weighted by molar-refractivity contribution is 0.0604. The van der Waals surface area contributed by atoms with Crippen LogP contribution in [-0.2, 0) is 11.2 Å². The van der Waals surface area contributed by atoms with Crippen LogP contribution in [0.3, 0.4) is 0 Å². The average Bonchev–Trinajstić information content (AvgIpc) is 2.55. The summed E-state index contributed by atoms with van der Waals surface area (Å²) in [6.07, 6.45) is 4.01. The second-order valence-electron chi connectivity index (χ2n) is 4.96. The van der Waals surface area contributed by atoms with Crippen LogP contribution in [0.25, 0.3) is 0 Å². The second-order valence-corrected chi connectivity index (χ2v) is 4.96. The summed E-state index contributed by atoms with van der Waals surface area (Å²) in [6, 6.07) is 13.6. The summed E-state index contributed by atoms with van der Waals surface area (Å²) in [4.78, 5) is 18.2. The summed E-state index contributed by atoms with van der Waals surface area (Å²) in [7, 11) is 3.46. The van der Waals surface area contributed by atoms with E-state index >= 15 is 0 Å². The number of nitrogens with zero attached hydrogens (tertiary/aromatic N) is 2. The highest BCUT2D eigenvalue weighted by molar-refractivity contribution is 5.93. The van der Waals surface area contributed by atoms with Crippen molar-refractivity contribution >= 4 is 5.91 Å². The lowest BCUT2D eigenvalue weighted by Gasteiger charge is -2.28. The van der Waals surface area contributed by atoms with E-state index in [1.54, 1.807) is 36.5 Å². The first kappa shape index (κ1) is 15.2. The molecule has 4 heteroatoms. The summed E-state index contributed by atoms with van der Waals surface area (Å²) in [5, 5.41) is 0. The molecule has 0 bridgehead atoms. The summed E-state index contributed by atoms with van der Waals surface area (Å²) in [5.74, 6) is -0.0407. The van der Waals surface area contributed by atoms with Gasteiger partial charge in [-0.15, -0.1) is 0 Å². The number of rotatable bonds is 6. The summed E-state index contributed by atoms with van der Waals surface area (Å²) in [6.45, 7) is 0.497. The quantitative estimate of drug-likeness (QED) is 0.818. The lowest BCUT2D eigenvalue weighted by atomic mass is 10.0. The van der Waals surface area contributed by atoms with Crippen LogP contribution in [-0.4, -0.2) is 42.6 Å². The first-order chi connectivity index (χ1) is 10.2. The van der Waals surface area contributed by atoms with Crippen LogP contribution >= 0.6 is 0 Å². The minimum Gasteiger partial charge on any atom is -0.383 e. The van der Waals surface area contributed by atoms with Crippen LogP contribution in [0.2, 0.25) is 0 Å². The van der Waals surface area contributed by atoms with E-state index < -0.39 is 0 Å². The molecule has 1 unspecified atom stereocenters. The molecule has 1 amide bonds. The van der Waals surface area contributed by atoms with Crippen LogP contribution in [0.1, 0.15) is 15.9 Å². The summed E-state index contributed by atoms with van der Waals surface area (Å²) in [5.41, 5.74) is 1.78. The van der Waals surface area contributed by atoms with Gasteiger partial charge in [-0.25, -0.2) is 0 Å². The molecule has 0 spiro atoms. The van der Waals surface area contributed by atoms with Gasteiger partial charge in [-0.3, -0.25) is 9.78 Å². The van der Waals surface area contributed by atoms with Gasteiger partial charge >= 0.3 is 0 Å². The minimum atomic E-state index is -0.0407. The molecule has 1 aromatic carbocycles. The first-order valence-corrected chi connectivity index (χ1v) is 6.92. The van der Waals surface area contributed by atoms with Crippen LogP contribution in [0, 0.1) is 0 Å². The van der Waals surface area contributed by atoms with Gasteiger partial charge in [0.05, 0.1) is 18.2 Å². The average molecular weight is 284 g/mol. The Kier molecular flexibility index (Phi) is 5.46. The number of pyridine rings is 1. The van der Waals surface area contributed by atoms with Crippen molar-refractivity contribution in [2.45, 2.75) is 12.5 Å². The van der Waals surface area contributed by atoms with E-state index in [1.807, 2.05) is 25.2 Å². The molecular weight excluding hydrogens is 264 g/mol. The van der Waals surface area contributed by atoms with Crippen molar-refractivity contribution in [2.75, 3.05) is 20.8 Å². The molecule has 1 aromatic heterocycles. The number of likely N-dealkylation sites (N-methyl/N-ethyl adjacent to an activating group) is 1. The van der Waals surface area contributed by atoms with E-state index in [1.165, 1.54) is 5.56 Å². The van der Waals surface area contributed by atoms with Crippen molar-refractivity contribution in [3.05, 3.63) is 66.0 Å². The highest BCUT2D eigenvalue weighted by Crippen LogP contribution is 2.11. The van der Waals surface area contributed by atoms with Gasteiger partial charge in [0.2, 0.25) is 0 Å². The van der Waals surface area contributed by atoms with Crippen molar-refractivity contribution in [1.29, 1.82) is 0 Å². The van der Waals surface area contributed by atoms with Crippen LogP contribution < -0.4 is 0 Å². The lowest BCUT2D eigenvalue weighted by Crippen LogP contribution is -2.41. The Morgan fingerprint density at radius 1 is 1.24 bits per heavy atom. The molecule has 0 aliphatic rings. The van der Waals surface area contributed by atoms with Crippen molar-refractivity contribution in [2.24, 2.45) is 0 Å². The molecule has 1 heterocycles. The molecule has 0 aliphatic heterocycles. The third kappa shape index (κ3) is 4.13. The fraction of sp³-hybridized carbons (Fsp3) is 0.294. The molecule has 0 radical (unpaired) electrons. The van der Waals surface area contributed by atoms with Gasteiger partial charge in [-0.05, 0) is 24.1 Å². The minimum absolute atomic E-state index is 0.00916. The Hall–Kier alpha value is -2.20. The largest absolute Gasteiger partial charge is 0.383 e. The molecule has 0 N–H and O–H groups in total. The van der Waals surface area contributed by atoms with Gasteiger partial charge < -0.3 is 9.64 Å². The molecule has 0 fully saturated rings. The normalized spacial score (nSPS) is 11.9. The smallest absolute Gasteiger partial charge is 0.255 e. The number of carbonyl (C=O) groups excluding carboxylic acids is 1. The number of hydrogen-bond acceptors (Lipinski definition) is 3. The van der Waals surface area contributed by atoms with Gasteiger partial charge in [0.1, 0.15) is 0 Å². The maximum absolute atomic E-state index is 12.5. The van der Waals surface area contributed by atoms with Gasteiger partial charge in [0, 0.05) is 26.6 Å². The third-order valence-electron chi connectivity index (χ3n) is 3.45. The zero-order valence-electron chi connectivity index (χ0n) is 12.4.